The van der Waals surface area contributed by atoms with Crippen molar-refractivity contribution in [3.05, 3.63) is 23.4 Å². The van der Waals surface area contributed by atoms with E-state index < -0.39 is 6.29 Å². The number of ether oxygens (including phenoxy) is 2. The summed E-state index contributed by atoms with van der Waals surface area (Å²) in [5.41, 5.74) is 1.03. The van der Waals surface area contributed by atoms with Crippen molar-refractivity contribution in [2.24, 2.45) is 5.92 Å². The summed E-state index contributed by atoms with van der Waals surface area (Å²) in [6.07, 6.45) is 4.43. The van der Waals surface area contributed by atoms with Gasteiger partial charge in [0.1, 0.15) is 11.9 Å². The van der Waals surface area contributed by atoms with Crippen LogP contribution in [0.4, 0.5) is 10.2 Å². The zero-order valence-corrected chi connectivity index (χ0v) is 19.1. The van der Waals surface area contributed by atoms with Crippen molar-refractivity contribution in [1.82, 2.24) is 4.98 Å². The van der Waals surface area contributed by atoms with Crippen molar-refractivity contribution in [3.63, 3.8) is 0 Å². The van der Waals surface area contributed by atoms with Crippen LogP contribution in [0.25, 0.3) is 0 Å². The number of halogens is 1. The van der Waals surface area contributed by atoms with Gasteiger partial charge in [-0.3, -0.25) is 4.39 Å². The Morgan fingerprint density at radius 2 is 1.76 bits per heavy atom. The van der Waals surface area contributed by atoms with Gasteiger partial charge >= 0.3 is 0 Å². The van der Waals surface area contributed by atoms with Crippen molar-refractivity contribution in [2.45, 2.75) is 86.0 Å². The quantitative estimate of drug-likeness (QED) is 0.381. The summed E-state index contributed by atoms with van der Waals surface area (Å²) in [7, 11) is 0. The lowest BCUT2D eigenvalue weighted by Gasteiger charge is -2.22. The van der Waals surface area contributed by atoms with Crippen LogP contribution in [0.1, 0.15) is 91.2 Å². The molecule has 1 aromatic heterocycles. The number of hydrogen-bond donors (Lipinski definition) is 1. The molecule has 0 amide bonds. The molecule has 1 rings (SSSR count). The van der Waals surface area contributed by atoms with Crippen LogP contribution in [0.5, 0.6) is 0 Å². The van der Waals surface area contributed by atoms with E-state index in [-0.39, 0.29) is 6.67 Å². The van der Waals surface area contributed by atoms with Gasteiger partial charge in [0.05, 0.1) is 6.67 Å². The molecular formula is C23H40FN3O2. The highest BCUT2D eigenvalue weighted by Gasteiger charge is 2.18. The lowest BCUT2D eigenvalue weighted by atomic mass is 9.98. The van der Waals surface area contributed by atoms with Crippen molar-refractivity contribution < 1.29 is 13.9 Å². The Morgan fingerprint density at radius 3 is 2.17 bits per heavy atom. The molecule has 2 unspecified atom stereocenters. The fourth-order valence-electron chi connectivity index (χ4n) is 2.68. The van der Waals surface area contributed by atoms with Crippen LogP contribution in [0, 0.1) is 17.2 Å². The van der Waals surface area contributed by atoms with Gasteiger partial charge in [-0.1, -0.05) is 40.5 Å². The first kappa shape index (κ1) is 27.3. The molecule has 0 bridgehead atoms. The fraction of sp³-hybridized carbons (Fsp3) is 0.739. The molecule has 0 spiro atoms. The molecule has 2 atom stereocenters. The molecule has 1 aromatic rings. The van der Waals surface area contributed by atoms with Gasteiger partial charge in [0.25, 0.3) is 0 Å². The molecule has 0 aliphatic carbocycles. The van der Waals surface area contributed by atoms with Gasteiger partial charge in [0, 0.05) is 24.8 Å². The first-order valence-corrected chi connectivity index (χ1v) is 11.0. The van der Waals surface area contributed by atoms with Crippen LogP contribution in [0.15, 0.2) is 12.1 Å². The number of rotatable bonds is 13. The maximum Gasteiger partial charge on any atom is 0.186 e. The van der Waals surface area contributed by atoms with E-state index in [0.717, 1.165) is 31.5 Å². The van der Waals surface area contributed by atoms with E-state index >= 15 is 0 Å². The standard InChI is InChI=1S/C19H31N3O2.C4H9F/c1-6-14(5)12-15(7-2)21-18-11-10-16(17(13-20)22-18)19(23-8-3)24-9-4;1-2-3-4-5/h10-11,14-15,19H,6-9,12H2,1-5H3,(H,21,22);2-4H2,1H3. The van der Waals surface area contributed by atoms with Gasteiger partial charge < -0.3 is 14.8 Å². The van der Waals surface area contributed by atoms with E-state index in [1.165, 1.54) is 6.42 Å². The molecule has 0 fully saturated rings. The summed E-state index contributed by atoms with van der Waals surface area (Å²) >= 11 is 0. The zero-order chi connectivity index (χ0) is 22.1. The highest BCUT2D eigenvalue weighted by atomic mass is 19.1. The number of nitrogens with one attached hydrogen (secondary N) is 1. The lowest BCUT2D eigenvalue weighted by molar-refractivity contribution is -0.140. The largest absolute Gasteiger partial charge is 0.367 e. The molecule has 0 saturated carbocycles. The molecule has 1 N–H and O–H groups in total. The Hall–Kier alpha value is -1.71. The van der Waals surface area contributed by atoms with Gasteiger partial charge in [0.2, 0.25) is 0 Å². The predicted molar refractivity (Wildman–Crippen MR) is 118 cm³/mol. The summed E-state index contributed by atoms with van der Waals surface area (Å²) < 4.78 is 22.2. The third-order valence-corrected chi connectivity index (χ3v) is 4.64. The minimum atomic E-state index is -0.543. The number of aromatic nitrogens is 1. The predicted octanol–water partition coefficient (Wildman–Crippen LogP) is 6.41. The van der Waals surface area contributed by atoms with Crippen LogP contribution < -0.4 is 5.32 Å². The Balaban J connectivity index is 0.00000139. The molecule has 0 saturated heterocycles. The average molecular weight is 410 g/mol. The number of nitriles is 1. The highest BCUT2D eigenvalue weighted by Crippen LogP contribution is 2.24. The van der Waals surface area contributed by atoms with Crippen LogP contribution >= 0.6 is 0 Å². The summed E-state index contributed by atoms with van der Waals surface area (Å²) in [5.74, 6) is 1.40. The first-order chi connectivity index (χ1) is 14.0. The topological polar surface area (TPSA) is 67.2 Å². The van der Waals surface area contributed by atoms with Gasteiger partial charge in [-0.25, -0.2) is 4.98 Å². The van der Waals surface area contributed by atoms with Crippen LogP contribution in [-0.4, -0.2) is 30.9 Å². The number of anilines is 1. The summed E-state index contributed by atoms with van der Waals surface area (Å²) in [6.45, 7) is 13.3. The summed E-state index contributed by atoms with van der Waals surface area (Å²) in [4.78, 5) is 4.47. The maximum absolute atomic E-state index is 11.0. The van der Waals surface area contributed by atoms with E-state index in [0.29, 0.717) is 36.4 Å². The molecule has 29 heavy (non-hydrogen) atoms. The molecule has 0 radical (unpaired) electrons. The van der Waals surface area contributed by atoms with Crippen molar-refractivity contribution in [1.29, 1.82) is 5.26 Å². The van der Waals surface area contributed by atoms with Gasteiger partial charge in [0.15, 0.2) is 12.0 Å². The summed E-state index contributed by atoms with van der Waals surface area (Å²) in [6, 6.07) is 6.30. The van der Waals surface area contributed by atoms with Gasteiger partial charge in [-0.15, -0.1) is 0 Å². The van der Waals surface area contributed by atoms with Gasteiger partial charge in [-0.05, 0) is 51.2 Å². The van der Waals surface area contributed by atoms with E-state index in [2.05, 4.69) is 37.1 Å². The minimum absolute atomic E-state index is 0.156. The Kier molecular flexibility index (Phi) is 16.2. The third kappa shape index (κ3) is 11.2. The molecule has 6 heteroatoms. The van der Waals surface area contributed by atoms with Gasteiger partial charge in [-0.2, -0.15) is 5.26 Å². The number of alkyl halides is 1. The molecule has 5 nitrogen and oxygen atoms in total. The maximum atomic E-state index is 11.0. The molecule has 166 valence electrons. The van der Waals surface area contributed by atoms with E-state index in [1.807, 2.05) is 32.9 Å². The SMILES string of the molecule is CCCCF.CCOC(OCC)c1ccc(NC(CC)CC(C)CC)nc1C#N. The van der Waals surface area contributed by atoms with Crippen LogP contribution in [-0.2, 0) is 9.47 Å². The average Bonchev–Trinajstić information content (AvgIpc) is 2.73. The number of hydrogen-bond acceptors (Lipinski definition) is 5. The fourth-order valence-corrected chi connectivity index (χ4v) is 2.68. The molecular weight excluding hydrogens is 369 g/mol. The second-order valence-electron chi connectivity index (χ2n) is 7.03. The Labute approximate surface area is 177 Å². The van der Waals surface area contributed by atoms with Crippen molar-refractivity contribution in [3.8, 4) is 6.07 Å². The van der Waals surface area contributed by atoms with Crippen LogP contribution in [0.2, 0.25) is 0 Å². The monoisotopic (exact) mass is 409 g/mol. The smallest absolute Gasteiger partial charge is 0.186 e. The lowest BCUT2D eigenvalue weighted by Crippen LogP contribution is -2.22. The van der Waals surface area contributed by atoms with Crippen molar-refractivity contribution in [2.75, 3.05) is 25.2 Å². The second kappa shape index (κ2) is 17.2. The minimum Gasteiger partial charge on any atom is -0.367 e. The Morgan fingerprint density at radius 1 is 1.10 bits per heavy atom. The van der Waals surface area contributed by atoms with Crippen LogP contribution in [0.3, 0.4) is 0 Å². The molecule has 0 aliphatic rings. The molecule has 0 aromatic carbocycles. The van der Waals surface area contributed by atoms with E-state index in [4.69, 9.17) is 9.47 Å². The van der Waals surface area contributed by atoms with Crippen molar-refractivity contribution >= 4 is 5.82 Å². The number of unbranched alkanes of at least 4 members (excludes halogenated alkanes) is 1. The first-order valence-electron chi connectivity index (χ1n) is 11.0. The summed E-state index contributed by atoms with van der Waals surface area (Å²) in [5, 5.41) is 12.9. The van der Waals surface area contributed by atoms with E-state index in [1.54, 1.807) is 0 Å². The molecule has 1 heterocycles. The zero-order valence-electron chi connectivity index (χ0n) is 19.1. The second-order valence-corrected chi connectivity index (χ2v) is 7.03. The third-order valence-electron chi connectivity index (χ3n) is 4.64. The normalized spacial score (nSPS) is 12.7. The molecule has 0 aliphatic heterocycles. The number of pyridine rings is 1. The van der Waals surface area contributed by atoms with E-state index in [9.17, 15) is 9.65 Å². The number of nitrogens with zero attached hydrogens (tertiary/aromatic N) is 2. The highest BCUT2D eigenvalue weighted by molar-refractivity contribution is 5.44. The Bertz CT molecular complexity index is 570.